The maximum absolute atomic E-state index is 11.5. The highest BCUT2D eigenvalue weighted by Crippen LogP contribution is 2.55. The summed E-state index contributed by atoms with van der Waals surface area (Å²) in [5.74, 6) is -1.12. The summed E-state index contributed by atoms with van der Waals surface area (Å²) < 4.78 is 10.2. The summed E-state index contributed by atoms with van der Waals surface area (Å²) in [6.45, 7) is 1.79. The molecule has 4 nitrogen and oxygen atoms in total. The van der Waals surface area contributed by atoms with Crippen molar-refractivity contribution in [3.05, 3.63) is 0 Å². The van der Waals surface area contributed by atoms with Gasteiger partial charge in [-0.05, 0) is 19.8 Å². The van der Waals surface area contributed by atoms with Crippen LogP contribution in [0.2, 0.25) is 0 Å². The van der Waals surface area contributed by atoms with E-state index in [9.17, 15) is 9.59 Å². The van der Waals surface area contributed by atoms with Crippen LogP contribution in [0, 0.1) is 11.3 Å². The summed E-state index contributed by atoms with van der Waals surface area (Å²) >= 11 is 0. The first-order valence-corrected chi connectivity index (χ1v) is 4.55. The fourth-order valence-corrected chi connectivity index (χ4v) is 2.86. The van der Waals surface area contributed by atoms with E-state index < -0.39 is 11.4 Å². The van der Waals surface area contributed by atoms with Crippen LogP contribution in [0.5, 0.6) is 0 Å². The van der Waals surface area contributed by atoms with Crippen LogP contribution in [-0.4, -0.2) is 24.1 Å². The molecule has 3 aliphatic rings. The molecule has 0 spiro atoms. The maximum Gasteiger partial charge on any atom is 0.323 e. The van der Waals surface area contributed by atoms with Crippen molar-refractivity contribution in [2.24, 2.45) is 11.3 Å². The maximum atomic E-state index is 11.5. The molecule has 2 bridgehead atoms. The Hall–Kier alpha value is -0.900. The lowest BCUT2D eigenvalue weighted by Gasteiger charge is -2.25. The van der Waals surface area contributed by atoms with Crippen LogP contribution in [0.4, 0.5) is 0 Å². The summed E-state index contributed by atoms with van der Waals surface area (Å²) in [6, 6.07) is 0. The lowest BCUT2D eigenvalue weighted by Crippen LogP contribution is -2.40. The zero-order chi connectivity index (χ0) is 9.22. The molecule has 3 rings (SSSR count). The second-order valence-corrected chi connectivity index (χ2v) is 4.21. The molecule has 0 saturated carbocycles. The molecule has 0 aliphatic carbocycles. The van der Waals surface area contributed by atoms with E-state index in [2.05, 4.69) is 4.74 Å². The molecule has 0 unspecified atom stereocenters. The highest BCUT2D eigenvalue weighted by molar-refractivity contribution is 6.00. The molecule has 0 amide bonds. The number of esters is 2. The van der Waals surface area contributed by atoms with Crippen molar-refractivity contribution in [1.29, 1.82) is 0 Å². The van der Waals surface area contributed by atoms with Gasteiger partial charge in [0.15, 0.2) is 0 Å². The van der Waals surface area contributed by atoms with Crippen LogP contribution in [0.1, 0.15) is 19.8 Å². The van der Waals surface area contributed by atoms with Gasteiger partial charge in [-0.2, -0.15) is 0 Å². The van der Waals surface area contributed by atoms with Gasteiger partial charge >= 0.3 is 11.9 Å². The predicted octanol–water partition coefficient (Wildman–Crippen LogP) is 0.253. The van der Waals surface area contributed by atoms with Crippen LogP contribution < -0.4 is 0 Å². The van der Waals surface area contributed by atoms with E-state index in [0.29, 0.717) is 0 Å². The Morgan fingerprint density at radius 2 is 2.15 bits per heavy atom. The van der Waals surface area contributed by atoms with E-state index in [1.54, 1.807) is 6.92 Å². The molecular formula is C9H10O4. The Morgan fingerprint density at radius 1 is 1.38 bits per heavy atom. The number of cyclic esters (lactones) is 2. The second kappa shape index (κ2) is 1.95. The van der Waals surface area contributed by atoms with Crippen molar-refractivity contribution >= 4 is 11.9 Å². The number of hydrogen-bond acceptors (Lipinski definition) is 4. The molecule has 0 radical (unpaired) electrons. The Morgan fingerprint density at radius 3 is 2.85 bits per heavy atom. The Balaban J connectivity index is 2.12. The van der Waals surface area contributed by atoms with E-state index in [0.717, 1.165) is 12.8 Å². The predicted molar refractivity (Wildman–Crippen MR) is 40.6 cm³/mol. The van der Waals surface area contributed by atoms with E-state index >= 15 is 0 Å². The van der Waals surface area contributed by atoms with Gasteiger partial charge in [-0.1, -0.05) is 0 Å². The zero-order valence-corrected chi connectivity index (χ0v) is 7.28. The summed E-state index contributed by atoms with van der Waals surface area (Å²) in [7, 11) is 0. The molecule has 3 heterocycles. The first-order valence-electron chi connectivity index (χ1n) is 4.55. The van der Waals surface area contributed by atoms with Crippen LogP contribution in [-0.2, 0) is 19.1 Å². The van der Waals surface area contributed by atoms with Gasteiger partial charge < -0.3 is 9.47 Å². The molecule has 4 heteroatoms. The molecular weight excluding hydrogens is 172 g/mol. The van der Waals surface area contributed by atoms with Gasteiger partial charge in [0.2, 0.25) is 0 Å². The zero-order valence-electron chi connectivity index (χ0n) is 7.28. The first kappa shape index (κ1) is 7.50. The van der Waals surface area contributed by atoms with E-state index in [-0.39, 0.29) is 24.1 Å². The van der Waals surface area contributed by atoms with Crippen LogP contribution >= 0.6 is 0 Å². The molecule has 0 aromatic carbocycles. The van der Waals surface area contributed by atoms with Gasteiger partial charge in [0, 0.05) is 0 Å². The largest absolute Gasteiger partial charge is 0.392 e. The highest BCUT2D eigenvalue weighted by atomic mass is 16.6. The second-order valence-electron chi connectivity index (χ2n) is 4.21. The van der Waals surface area contributed by atoms with Crippen molar-refractivity contribution in [1.82, 2.24) is 0 Å². The Kier molecular flexibility index (Phi) is 1.12. The molecule has 3 saturated heterocycles. The summed E-state index contributed by atoms with van der Waals surface area (Å²) in [5.41, 5.74) is -0.681. The quantitative estimate of drug-likeness (QED) is 0.398. The average Bonchev–Trinajstić information content (AvgIpc) is 2.66. The molecule has 0 aromatic heterocycles. The van der Waals surface area contributed by atoms with Gasteiger partial charge in [0.25, 0.3) is 0 Å². The number of hydrogen-bond donors (Lipinski definition) is 0. The first-order chi connectivity index (χ1) is 6.14. The molecule has 0 N–H and O–H groups in total. The van der Waals surface area contributed by atoms with Gasteiger partial charge in [-0.3, -0.25) is 9.59 Å². The fraction of sp³-hybridized carbons (Fsp3) is 0.778. The number of ether oxygens (including phenoxy) is 2. The minimum Gasteiger partial charge on any atom is -0.392 e. The lowest BCUT2D eigenvalue weighted by atomic mass is 9.69. The summed E-state index contributed by atoms with van der Waals surface area (Å²) in [5, 5.41) is 0. The minimum absolute atomic E-state index is 0.0750. The van der Waals surface area contributed by atoms with Crippen molar-refractivity contribution in [2.75, 3.05) is 0 Å². The number of fused-ring (bicyclic) bond motifs is 5. The summed E-state index contributed by atoms with van der Waals surface area (Å²) in [4.78, 5) is 22.8. The topological polar surface area (TPSA) is 52.6 Å². The average molecular weight is 182 g/mol. The normalized spacial score (nSPS) is 52.5. The van der Waals surface area contributed by atoms with Crippen molar-refractivity contribution in [3.8, 4) is 0 Å². The molecule has 3 fully saturated rings. The van der Waals surface area contributed by atoms with Crippen LogP contribution in [0.3, 0.4) is 0 Å². The minimum atomic E-state index is -0.681. The third kappa shape index (κ3) is 0.633. The number of carbonyl (C=O) groups excluding carboxylic acids is 2. The van der Waals surface area contributed by atoms with Crippen molar-refractivity contribution < 1.29 is 19.1 Å². The van der Waals surface area contributed by atoms with Gasteiger partial charge in [0.1, 0.15) is 11.3 Å². The molecule has 13 heavy (non-hydrogen) atoms. The van der Waals surface area contributed by atoms with Crippen LogP contribution in [0.15, 0.2) is 0 Å². The number of rotatable bonds is 0. The van der Waals surface area contributed by atoms with Gasteiger partial charge in [-0.25, -0.2) is 0 Å². The van der Waals surface area contributed by atoms with E-state index in [1.165, 1.54) is 0 Å². The Bertz CT molecular complexity index is 311. The molecule has 4 atom stereocenters. The van der Waals surface area contributed by atoms with Crippen molar-refractivity contribution in [2.45, 2.75) is 32.0 Å². The third-order valence-corrected chi connectivity index (χ3v) is 3.63. The highest BCUT2D eigenvalue weighted by Gasteiger charge is 2.69. The van der Waals surface area contributed by atoms with Crippen LogP contribution in [0.25, 0.3) is 0 Å². The lowest BCUT2D eigenvalue weighted by molar-refractivity contribution is -0.158. The van der Waals surface area contributed by atoms with E-state index in [1.807, 2.05) is 0 Å². The van der Waals surface area contributed by atoms with Crippen molar-refractivity contribution in [3.63, 3.8) is 0 Å². The fourth-order valence-electron chi connectivity index (χ4n) is 2.86. The molecule has 0 aromatic rings. The molecule has 70 valence electrons. The third-order valence-electron chi connectivity index (χ3n) is 3.63. The summed E-state index contributed by atoms with van der Waals surface area (Å²) in [6.07, 6.45) is 1.59. The molecule has 3 aliphatic heterocycles. The SMILES string of the molecule is C[C@@]12C(=O)OC(=O)[C@H]1[C@H]1CC[C@@H]2O1. The van der Waals surface area contributed by atoms with E-state index in [4.69, 9.17) is 4.74 Å². The standard InChI is InChI=1S/C9H10O4/c1-9-5-3-2-4(12-5)6(9)7(10)13-8(9)11/h4-6H,2-3H2,1H3/t4-,5+,6-,9+/m1/s1. The van der Waals surface area contributed by atoms with Gasteiger partial charge in [-0.15, -0.1) is 0 Å². The Labute approximate surface area is 75.2 Å². The smallest absolute Gasteiger partial charge is 0.323 e. The monoisotopic (exact) mass is 182 g/mol. The van der Waals surface area contributed by atoms with Gasteiger partial charge in [0.05, 0.1) is 12.2 Å². The number of carbonyl (C=O) groups is 2.